The van der Waals surface area contributed by atoms with Gasteiger partial charge in [0.15, 0.2) is 0 Å². The molecule has 0 atom stereocenters. The first kappa shape index (κ1) is 18.9. The van der Waals surface area contributed by atoms with Gasteiger partial charge in [-0.3, -0.25) is 9.97 Å². The van der Waals surface area contributed by atoms with Crippen LogP contribution in [0.5, 0.6) is 0 Å². The molecular formula is C20H22IrN5-. The molecule has 5 nitrogen and oxygen atoms in total. The fourth-order valence-corrected chi connectivity index (χ4v) is 2.97. The number of imidazole rings is 1. The molecule has 3 heterocycles. The molecule has 0 spiro atoms. The van der Waals surface area contributed by atoms with Crippen LogP contribution in [-0.2, 0) is 30.9 Å². The Morgan fingerprint density at radius 1 is 0.885 bits per heavy atom. The standard InChI is InChI=1S/C20H22N5.Ir/c1-19(2,3)17-21-11-12-15(23-17)24-18(20(4,5)6)25-14-10-8-7-9-13(14)22-16(12)25;/h7-10H,1-6H3;/q-1;. The zero-order valence-corrected chi connectivity index (χ0v) is 18.3. The molecule has 0 unspecified atom stereocenters. The van der Waals surface area contributed by atoms with Gasteiger partial charge >= 0.3 is 0 Å². The molecule has 26 heavy (non-hydrogen) atoms. The first-order valence-corrected chi connectivity index (χ1v) is 8.54. The summed E-state index contributed by atoms with van der Waals surface area (Å²) in [6.07, 6.45) is 3.15. The Bertz CT molecular complexity index is 1120. The van der Waals surface area contributed by atoms with Crippen LogP contribution in [0, 0.1) is 6.20 Å². The van der Waals surface area contributed by atoms with E-state index < -0.39 is 0 Å². The third-order valence-electron chi connectivity index (χ3n) is 4.26. The minimum atomic E-state index is -0.152. The van der Waals surface area contributed by atoms with E-state index in [0.29, 0.717) is 5.65 Å². The van der Waals surface area contributed by atoms with Gasteiger partial charge in [0.1, 0.15) is 5.82 Å². The molecule has 1 radical (unpaired) electrons. The number of hydrogen-bond donors (Lipinski definition) is 0. The van der Waals surface area contributed by atoms with Gasteiger partial charge in [-0.2, -0.15) is 0 Å². The molecule has 0 saturated heterocycles. The van der Waals surface area contributed by atoms with E-state index in [0.717, 1.165) is 33.7 Å². The SMILES string of the molecule is CC(C)(C)c1n[c-]c2c(n1)nc(C(C)(C)C)n1c3ccccc3nc21.[Ir]. The van der Waals surface area contributed by atoms with Crippen LogP contribution in [0.25, 0.3) is 27.7 Å². The fraction of sp³-hybridized carbons (Fsp3) is 0.400. The van der Waals surface area contributed by atoms with Gasteiger partial charge in [-0.25, -0.2) is 0 Å². The van der Waals surface area contributed by atoms with Gasteiger partial charge in [0.25, 0.3) is 0 Å². The molecule has 4 rings (SSSR count). The first-order valence-electron chi connectivity index (χ1n) is 8.54. The molecule has 0 fully saturated rings. The molecule has 0 saturated carbocycles. The Kier molecular flexibility index (Phi) is 4.40. The monoisotopic (exact) mass is 525 g/mol. The van der Waals surface area contributed by atoms with Gasteiger partial charge in [-0.1, -0.05) is 53.7 Å². The molecule has 6 heteroatoms. The van der Waals surface area contributed by atoms with E-state index in [4.69, 9.17) is 15.0 Å². The summed E-state index contributed by atoms with van der Waals surface area (Å²) in [6, 6.07) is 8.11. The van der Waals surface area contributed by atoms with Crippen molar-refractivity contribution in [3.05, 3.63) is 42.1 Å². The molecule has 4 aromatic rings. The summed E-state index contributed by atoms with van der Waals surface area (Å²) in [5, 5.41) is 0.761. The van der Waals surface area contributed by atoms with Gasteiger partial charge in [0, 0.05) is 25.5 Å². The third-order valence-corrected chi connectivity index (χ3v) is 4.26. The molecule has 0 N–H and O–H groups in total. The summed E-state index contributed by atoms with van der Waals surface area (Å²) in [7, 11) is 0. The number of benzene rings is 1. The van der Waals surface area contributed by atoms with Crippen molar-refractivity contribution in [2.45, 2.75) is 52.4 Å². The molecule has 0 aliphatic carbocycles. The number of para-hydroxylation sites is 2. The third kappa shape index (κ3) is 2.91. The Balaban J connectivity index is 0.00000196. The largest absolute Gasteiger partial charge is 0.338 e. The average Bonchev–Trinajstić information content (AvgIpc) is 2.91. The first-order chi connectivity index (χ1) is 11.7. The number of aromatic nitrogens is 5. The van der Waals surface area contributed by atoms with Crippen molar-refractivity contribution < 1.29 is 20.1 Å². The molecule has 0 aliphatic heterocycles. The second-order valence-electron chi connectivity index (χ2n) is 8.55. The number of hydrogen-bond acceptors (Lipinski definition) is 4. The molecule has 0 aliphatic rings. The van der Waals surface area contributed by atoms with Crippen LogP contribution >= 0.6 is 0 Å². The maximum atomic E-state index is 4.91. The van der Waals surface area contributed by atoms with Crippen molar-refractivity contribution in [1.82, 2.24) is 24.3 Å². The van der Waals surface area contributed by atoms with E-state index in [1.54, 1.807) is 0 Å². The van der Waals surface area contributed by atoms with Crippen LogP contribution in [-0.4, -0.2) is 24.3 Å². The molecular weight excluding hydrogens is 502 g/mol. The maximum Gasteiger partial charge on any atom is 0.103 e. The van der Waals surface area contributed by atoms with E-state index in [1.165, 1.54) is 0 Å². The quantitative estimate of drug-likeness (QED) is 0.323. The Morgan fingerprint density at radius 2 is 1.58 bits per heavy atom. The number of rotatable bonds is 0. The smallest absolute Gasteiger partial charge is 0.103 e. The van der Waals surface area contributed by atoms with Crippen LogP contribution < -0.4 is 0 Å². The van der Waals surface area contributed by atoms with Crippen LogP contribution in [0.4, 0.5) is 0 Å². The van der Waals surface area contributed by atoms with Crippen molar-refractivity contribution in [2.75, 3.05) is 0 Å². The summed E-state index contributed by atoms with van der Waals surface area (Å²) in [6.45, 7) is 12.7. The van der Waals surface area contributed by atoms with Gasteiger partial charge in [0.05, 0.1) is 28.2 Å². The van der Waals surface area contributed by atoms with Crippen molar-refractivity contribution in [1.29, 1.82) is 0 Å². The summed E-state index contributed by atoms with van der Waals surface area (Å²) in [4.78, 5) is 18.9. The molecule has 3 aromatic heterocycles. The van der Waals surface area contributed by atoms with Crippen molar-refractivity contribution in [2.24, 2.45) is 0 Å². The van der Waals surface area contributed by atoms with Gasteiger partial charge in [0.2, 0.25) is 0 Å². The van der Waals surface area contributed by atoms with E-state index in [2.05, 4.69) is 63.2 Å². The topological polar surface area (TPSA) is 56.0 Å². The predicted octanol–water partition coefficient (Wildman–Crippen LogP) is 4.22. The van der Waals surface area contributed by atoms with Crippen LogP contribution in [0.2, 0.25) is 0 Å². The minimum Gasteiger partial charge on any atom is -0.338 e. The van der Waals surface area contributed by atoms with Crippen molar-refractivity contribution in [3.8, 4) is 0 Å². The summed E-state index contributed by atoms with van der Waals surface area (Å²) < 4.78 is 2.12. The van der Waals surface area contributed by atoms with E-state index >= 15 is 0 Å². The Morgan fingerprint density at radius 3 is 2.23 bits per heavy atom. The Hall–Kier alpha value is -1.91. The normalized spacial score (nSPS) is 12.7. The molecule has 0 bridgehead atoms. The van der Waals surface area contributed by atoms with E-state index in [-0.39, 0.29) is 30.9 Å². The summed E-state index contributed by atoms with van der Waals surface area (Å²) in [5.74, 6) is 1.68. The molecule has 0 amide bonds. The maximum absolute atomic E-state index is 4.91. The number of nitrogens with zero attached hydrogens (tertiary/aromatic N) is 5. The van der Waals surface area contributed by atoms with Gasteiger partial charge in [-0.15, -0.1) is 0 Å². The predicted molar refractivity (Wildman–Crippen MR) is 99.8 cm³/mol. The van der Waals surface area contributed by atoms with Crippen LogP contribution in [0.3, 0.4) is 0 Å². The van der Waals surface area contributed by atoms with Crippen molar-refractivity contribution in [3.63, 3.8) is 0 Å². The van der Waals surface area contributed by atoms with Gasteiger partial charge in [-0.05, 0) is 29.1 Å². The van der Waals surface area contributed by atoms with Crippen molar-refractivity contribution >= 4 is 27.7 Å². The zero-order chi connectivity index (χ0) is 18.0. The summed E-state index contributed by atoms with van der Waals surface area (Å²) >= 11 is 0. The second kappa shape index (κ2) is 6.07. The fourth-order valence-electron chi connectivity index (χ4n) is 2.97. The molecule has 137 valence electrons. The zero-order valence-electron chi connectivity index (χ0n) is 15.9. The molecule has 1 aromatic carbocycles. The second-order valence-corrected chi connectivity index (χ2v) is 8.55. The van der Waals surface area contributed by atoms with Crippen LogP contribution in [0.1, 0.15) is 53.2 Å². The average molecular weight is 525 g/mol. The summed E-state index contributed by atoms with van der Waals surface area (Å²) in [5.41, 5.74) is 3.16. The van der Waals surface area contributed by atoms with E-state index in [1.807, 2.05) is 18.2 Å². The minimum absolute atomic E-state index is 0. The number of fused-ring (bicyclic) bond motifs is 5. The van der Waals surface area contributed by atoms with Crippen LogP contribution in [0.15, 0.2) is 24.3 Å². The van der Waals surface area contributed by atoms with Gasteiger partial charge < -0.3 is 14.4 Å². The Labute approximate surface area is 166 Å². The van der Waals surface area contributed by atoms with E-state index in [9.17, 15) is 0 Å².